The molecule has 2 aliphatic heterocycles. The van der Waals surface area contributed by atoms with Crippen LogP contribution in [0.1, 0.15) is 18.4 Å². The van der Waals surface area contributed by atoms with Gasteiger partial charge in [-0.05, 0) is 66.8 Å². The first-order chi connectivity index (χ1) is 17.4. The summed E-state index contributed by atoms with van der Waals surface area (Å²) in [5.41, 5.74) is 2.24. The molecule has 2 saturated carbocycles. The molecule has 2 bridgehead atoms. The number of carbonyl (C=O) groups excluding carboxylic acids is 4. The van der Waals surface area contributed by atoms with E-state index in [4.69, 9.17) is 4.74 Å². The van der Waals surface area contributed by atoms with Gasteiger partial charge >= 0.3 is 5.97 Å². The lowest BCUT2D eigenvalue weighted by Gasteiger charge is -2.37. The van der Waals surface area contributed by atoms with Crippen molar-refractivity contribution < 1.29 is 23.9 Å². The highest BCUT2D eigenvalue weighted by Crippen LogP contribution is 2.65. The Kier molecular flexibility index (Phi) is 4.56. The second kappa shape index (κ2) is 7.63. The standard InChI is InChI=1S/C29H26N2O5/c1-15-4-2-5-17(10-15)30-14-16(11-24(30)32)29(35)36-19-7-3-6-18(12-19)31-27(33)25-20-8-9-21(23-13-22(20)23)26(25)28(31)34/h2-10,12,16,20-23,25-26H,11,13-14H2,1H3/t16-,20+,21+,22-,23+,25-,26-/m1/s1. The Labute approximate surface area is 208 Å². The second-order valence-corrected chi connectivity index (χ2v) is 10.8. The maximum Gasteiger partial charge on any atom is 0.316 e. The van der Waals surface area contributed by atoms with Gasteiger partial charge in [-0.25, -0.2) is 4.90 Å². The van der Waals surface area contributed by atoms with E-state index in [1.165, 1.54) is 4.90 Å². The number of benzene rings is 2. The average molecular weight is 483 g/mol. The first kappa shape index (κ1) is 21.5. The first-order valence-electron chi connectivity index (χ1n) is 12.7. The minimum atomic E-state index is -0.590. The van der Waals surface area contributed by atoms with Crippen molar-refractivity contribution in [1.82, 2.24) is 0 Å². The number of aryl methyl sites for hydroxylation is 1. The zero-order chi connectivity index (χ0) is 24.7. The Morgan fingerprint density at radius 3 is 2.25 bits per heavy atom. The van der Waals surface area contributed by atoms with E-state index in [0.29, 0.717) is 17.5 Å². The van der Waals surface area contributed by atoms with Crippen LogP contribution in [0.15, 0.2) is 60.7 Å². The van der Waals surface area contributed by atoms with Crippen molar-refractivity contribution in [2.24, 2.45) is 41.4 Å². The number of ether oxygens (including phenoxy) is 1. The number of amides is 3. The van der Waals surface area contributed by atoms with Crippen LogP contribution in [0.3, 0.4) is 0 Å². The molecule has 3 amide bonds. The molecule has 36 heavy (non-hydrogen) atoms. The van der Waals surface area contributed by atoms with E-state index in [9.17, 15) is 19.2 Å². The number of hydrogen-bond acceptors (Lipinski definition) is 5. The number of anilines is 2. The Balaban J connectivity index is 1.08. The molecule has 7 heteroatoms. The zero-order valence-corrected chi connectivity index (χ0v) is 19.9. The second-order valence-electron chi connectivity index (χ2n) is 10.8. The lowest BCUT2D eigenvalue weighted by atomic mass is 9.63. The van der Waals surface area contributed by atoms with Gasteiger partial charge in [-0.15, -0.1) is 0 Å². The highest BCUT2D eigenvalue weighted by molar-refractivity contribution is 6.22. The molecule has 8 rings (SSSR count). The third kappa shape index (κ3) is 3.11. The van der Waals surface area contributed by atoms with Crippen molar-refractivity contribution >= 4 is 35.1 Å². The average Bonchev–Trinajstić information content (AvgIpc) is 3.54. The van der Waals surface area contributed by atoms with E-state index >= 15 is 0 Å². The van der Waals surface area contributed by atoms with Gasteiger partial charge in [-0.3, -0.25) is 19.2 Å². The normalized spacial score (nSPS) is 33.7. The van der Waals surface area contributed by atoms with Crippen LogP contribution in [0.2, 0.25) is 0 Å². The van der Waals surface area contributed by atoms with Crippen molar-refractivity contribution in [2.45, 2.75) is 19.8 Å². The zero-order valence-electron chi connectivity index (χ0n) is 19.9. The summed E-state index contributed by atoms with van der Waals surface area (Å²) < 4.78 is 5.64. The molecule has 2 saturated heterocycles. The van der Waals surface area contributed by atoms with E-state index in [1.807, 2.05) is 31.2 Å². The van der Waals surface area contributed by atoms with Gasteiger partial charge in [0.05, 0.1) is 23.4 Å². The van der Waals surface area contributed by atoms with Crippen LogP contribution in [-0.2, 0) is 19.2 Å². The van der Waals surface area contributed by atoms with Crippen LogP contribution in [0.4, 0.5) is 11.4 Å². The maximum absolute atomic E-state index is 13.4. The molecule has 7 nitrogen and oxygen atoms in total. The highest BCUT2D eigenvalue weighted by atomic mass is 16.5. The maximum atomic E-state index is 13.4. The van der Waals surface area contributed by atoms with Gasteiger partial charge in [0.15, 0.2) is 0 Å². The van der Waals surface area contributed by atoms with E-state index in [-0.39, 0.29) is 60.1 Å². The molecule has 7 atom stereocenters. The molecule has 4 fully saturated rings. The largest absolute Gasteiger partial charge is 0.426 e. The molecule has 2 aromatic carbocycles. The van der Waals surface area contributed by atoms with Crippen molar-refractivity contribution in [3.8, 4) is 5.75 Å². The van der Waals surface area contributed by atoms with Crippen LogP contribution in [0, 0.1) is 48.3 Å². The SMILES string of the molecule is Cc1cccc(N2C[C@H](C(=O)Oc3cccc(N4C(=O)[C@@H]5[C@H]6C=C[C@@H]([C@@H]7C[C@H]67)[C@H]5C4=O)c3)CC2=O)c1. The smallest absolute Gasteiger partial charge is 0.316 e. The molecular weight excluding hydrogens is 456 g/mol. The van der Waals surface area contributed by atoms with Crippen molar-refractivity contribution in [3.63, 3.8) is 0 Å². The number of nitrogens with zero attached hydrogens (tertiary/aromatic N) is 2. The highest BCUT2D eigenvalue weighted by Gasteiger charge is 2.67. The molecule has 6 aliphatic rings. The summed E-state index contributed by atoms with van der Waals surface area (Å²) in [6.45, 7) is 2.21. The number of imide groups is 1. The molecular formula is C29H26N2O5. The predicted molar refractivity (Wildman–Crippen MR) is 131 cm³/mol. The van der Waals surface area contributed by atoms with Crippen molar-refractivity contribution in [2.75, 3.05) is 16.3 Å². The fraction of sp³-hybridized carbons (Fsp3) is 0.379. The predicted octanol–water partition coefficient (Wildman–Crippen LogP) is 3.51. The Hall–Kier alpha value is -3.74. The molecule has 2 heterocycles. The summed E-state index contributed by atoms with van der Waals surface area (Å²) in [4.78, 5) is 55.2. The first-order valence-corrected chi connectivity index (χ1v) is 12.7. The summed E-state index contributed by atoms with van der Waals surface area (Å²) >= 11 is 0. The minimum Gasteiger partial charge on any atom is -0.426 e. The summed E-state index contributed by atoms with van der Waals surface area (Å²) in [5, 5.41) is 0. The molecule has 0 radical (unpaired) electrons. The molecule has 0 aromatic heterocycles. The van der Waals surface area contributed by atoms with E-state index < -0.39 is 11.9 Å². The number of carbonyl (C=O) groups is 4. The fourth-order valence-corrected chi connectivity index (χ4v) is 7.01. The number of esters is 1. The van der Waals surface area contributed by atoms with Crippen LogP contribution >= 0.6 is 0 Å². The third-order valence-corrected chi connectivity index (χ3v) is 8.73. The quantitative estimate of drug-likeness (QED) is 0.288. The number of rotatable bonds is 4. The summed E-state index contributed by atoms with van der Waals surface area (Å²) in [6, 6.07) is 14.2. The number of allylic oxidation sites excluding steroid dienone is 2. The minimum absolute atomic E-state index is 0.0804. The van der Waals surface area contributed by atoms with Crippen molar-refractivity contribution in [3.05, 3.63) is 66.2 Å². The topological polar surface area (TPSA) is 84.0 Å². The van der Waals surface area contributed by atoms with Crippen LogP contribution in [0.25, 0.3) is 0 Å². The van der Waals surface area contributed by atoms with Gasteiger partial charge in [0.1, 0.15) is 5.75 Å². The lowest BCUT2D eigenvalue weighted by molar-refractivity contribution is -0.139. The van der Waals surface area contributed by atoms with Gasteiger partial charge in [0.25, 0.3) is 0 Å². The van der Waals surface area contributed by atoms with E-state index in [0.717, 1.165) is 17.7 Å². The molecule has 0 spiro atoms. The van der Waals surface area contributed by atoms with Crippen LogP contribution in [-0.4, -0.2) is 30.2 Å². The van der Waals surface area contributed by atoms with Crippen LogP contribution < -0.4 is 14.5 Å². The lowest BCUT2D eigenvalue weighted by Crippen LogP contribution is -2.40. The molecule has 0 N–H and O–H groups in total. The van der Waals surface area contributed by atoms with Crippen LogP contribution in [0.5, 0.6) is 5.75 Å². The summed E-state index contributed by atoms with van der Waals surface area (Å²) in [5.74, 6) is -0.392. The molecule has 2 aromatic rings. The fourth-order valence-electron chi connectivity index (χ4n) is 7.01. The Morgan fingerprint density at radius 2 is 1.56 bits per heavy atom. The Bertz CT molecular complexity index is 1330. The Morgan fingerprint density at radius 1 is 0.889 bits per heavy atom. The molecule has 182 valence electrons. The van der Waals surface area contributed by atoms with Gasteiger partial charge < -0.3 is 9.64 Å². The van der Waals surface area contributed by atoms with Gasteiger partial charge in [-0.1, -0.05) is 30.4 Å². The molecule has 0 unspecified atom stereocenters. The van der Waals surface area contributed by atoms with Crippen molar-refractivity contribution in [1.29, 1.82) is 0 Å². The van der Waals surface area contributed by atoms with E-state index in [1.54, 1.807) is 29.2 Å². The van der Waals surface area contributed by atoms with E-state index in [2.05, 4.69) is 12.2 Å². The monoisotopic (exact) mass is 482 g/mol. The molecule has 4 aliphatic carbocycles. The summed E-state index contributed by atoms with van der Waals surface area (Å²) in [6.07, 6.45) is 5.50. The van der Waals surface area contributed by atoms with Gasteiger partial charge in [0.2, 0.25) is 17.7 Å². The number of hydrogen-bond donors (Lipinski definition) is 0. The van der Waals surface area contributed by atoms with Gasteiger partial charge in [-0.2, -0.15) is 0 Å². The summed E-state index contributed by atoms with van der Waals surface area (Å²) in [7, 11) is 0. The third-order valence-electron chi connectivity index (χ3n) is 8.73. The van der Waals surface area contributed by atoms with Gasteiger partial charge in [0, 0.05) is 24.7 Å².